The fourth-order valence-electron chi connectivity index (χ4n) is 9.55. The van der Waals surface area contributed by atoms with Gasteiger partial charge in [0.15, 0.2) is 13.9 Å². The van der Waals surface area contributed by atoms with Crippen LogP contribution >= 0.6 is 0 Å². The molecule has 314 valence electrons. The van der Waals surface area contributed by atoms with Gasteiger partial charge in [0.2, 0.25) is 5.91 Å². The lowest BCUT2D eigenvalue weighted by Gasteiger charge is -2.32. The van der Waals surface area contributed by atoms with E-state index in [0.29, 0.717) is 38.8 Å². The van der Waals surface area contributed by atoms with Crippen molar-refractivity contribution in [1.29, 1.82) is 0 Å². The molecule has 14 heteroatoms. The van der Waals surface area contributed by atoms with Crippen LogP contribution in [0.1, 0.15) is 30.0 Å². The standard InChI is InChI=1S/C48H46N6O7Si/c1-31-44(62(2,3)60)42(26-43(56)51(23-24-55)29-32-11-5-4-6-12-32)61-48(31)40-25-37(54-46(58)39-16-10-8-14-35(39)28-50-54)21-22-41(40)52(47(48)59)30-33-17-19-36(20-18-33)53-45(57)38-15-9-7-13-34(38)27-49-53/h4-22,25,27-28,31,42,44,55,60H,23-24,26,29-30H2,1-3H3/t31-,42+,44-,48+/m0/s1. The molecule has 0 saturated carbocycles. The second kappa shape index (κ2) is 16.0. The van der Waals surface area contributed by atoms with Crippen LogP contribution in [0.5, 0.6) is 0 Å². The molecule has 2 aliphatic heterocycles. The van der Waals surface area contributed by atoms with Crippen LogP contribution in [0.4, 0.5) is 5.69 Å². The molecular formula is C48H46N6O7Si. The van der Waals surface area contributed by atoms with E-state index in [1.54, 1.807) is 83.8 Å². The number of aliphatic hydroxyl groups excluding tert-OH is 1. The SMILES string of the molecule is C[C@H]1[C@H]([Si](C)(C)O)[C@@H](CC(=O)N(CCO)Cc2ccccc2)O[C@]12C(=O)N(Cc1ccc(-n3ncc4ccccc4c3=O)cc1)c1ccc(-n3ncc4ccccc4c3=O)cc12. The smallest absolute Gasteiger partial charge is 0.279 e. The molecule has 1 saturated heterocycles. The quantitative estimate of drug-likeness (QED) is 0.153. The summed E-state index contributed by atoms with van der Waals surface area (Å²) in [5.41, 5.74) is 0.941. The molecular weight excluding hydrogens is 801 g/mol. The van der Waals surface area contributed by atoms with Gasteiger partial charge in [-0.1, -0.05) is 85.8 Å². The molecule has 4 heterocycles. The molecule has 0 unspecified atom stereocenters. The predicted octanol–water partition coefficient (Wildman–Crippen LogP) is 5.84. The van der Waals surface area contributed by atoms with Gasteiger partial charge in [0.1, 0.15) is 0 Å². The third kappa shape index (κ3) is 7.04. The maximum absolute atomic E-state index is 15.4. The van der Waals surface area contributed by atoms with Gasteiger partial charge >= 0.3 is 0 Å². The number of benzene rings is 5. The number of rotatable bonds is 11. The Morgan fingerprint density at radius 2 is 1.35 bits per heavy atom. The van der Waals surface area contributed by atoms with E-state index in [0.717, 1.165) is 16.5 Å². The van der Waals surface area contributed by atoms with E-state index in [1.165, 1.54) is 9.36 Å². The minimum absolute atomic E-state index is 0.0997. The Morgan fingerprint density at radius 1 is 0.774 bits per heavy atom. The first kappa shape index (κ1) is 40.8. The Hall–Kier alpha value is -6.58. The van der Waals surface area contributed by atoms with Gasteiger partial charge in [-0.05, 0) is 66.7 Å². The summed E-state index contributed by atoms with van der Waals surface area (Å²) in [5.74, 6) is -1.24. The number of aromatic nitrogens is 4. The van der Waals surface area contributed by atoms with Crippen LogP contribution < -0.4 is 16.0 Å². The van der Waals surface area contributed by atoms with Gasteiger partial charge in [0.05, 0.1) is 65.9 Å². The van der Waals surface area contributed by atoms with Crippen molar-refractivity contribution < 1.29 is 24.2 Å². The van der Waals surface area contributed by atoms with Gasteiger partial charge in [0, 0.05) is 40.9 Å². The summed E-state index contributed by atoms with van der Waals surface area (Å²) in [6, 6.07) is 36.6. The van der Waals surface area contributed by atoms with E-state index < -0.39 is 31.5 Å². The molecule has 1 spiro atoms. The summed E-state index contributed by atoms with van der Waals surface area (Å²) < 4.78 is 9.71. The fraction of sp³-hybridized carbons (Fsp3) is 0.250. The average molecular weight is 847 g/mol. The van der Waals surface area contributed by atoms with Crippen molar-refractivity contribution in [2.24, 2.45) is 5.92 Å². The zero-order valence-corrected chi connectivity index (χ0v) is 35.6. The molecule has 0 radical (unpaired) electrons. The summed E-state index contributed by atoms with van der Waals surface area (Å²) >= 11 is 0. The van der Waals surface area contributed by atoms with E-state index >= 15 is 4.79 Å². The van der Waals surface area contributed by atoms with Crippen molar-refractivity contribution in [2.75, 3.05) is 18.1 Å². The topological polar surface area (TPSA) is 160 Å². The maximum atomic E-state index is 15.4. The minimum Gasteiger partial charge on any atom is -0.432 e. The number of hydrogen-bond acceptors (Lipinski definition) is 9. The van der Waals surface area contributed by atoms with Crippen LogP contribution in [0, 0.1) is 5.92 Å². The second-order valence-electron chi connectivity index (χ2n) is 16.7. The van der Waals surface area contributed by atoms with E-state index in [4.69, 9.17) is 4.74 Å². The van der Waals surface area contributed by atoms with Crippen molar-refractivity contribution in [3.63, 3.8) is 0 Å². The number of anilines is 1. The highest BCUT2D eigenvalue weighted by atomic mass is 28.4. The largest absolute Gasteiger partial charge is 0.432 e. The molecule has 5 aromatic carbocycles. The lowest BCUT2D eigenvalue weighted by Crippen LogP contribution is -2.46. The van der Waals surface area contributed by atoms with Crippen molar-refractivity contribution in [1.82, 2.24) is 24.5 Å². The first-order valence-electron chi connectivity index (χ1n) is 20.7. The number of aliphatic hydroxyl groups is 1. The molecule has 2 amide bonds. The molecule has 7 aromatic rings. The summed E-state index contributed by atoms with van der Waals surface area (Å²) in [6.07, 6.45) is 2.30. The summed E-state index contributed by atoms with van der Waals surface area (Å²) in [5, 5.41) is 21.4. The predicted molar refractivity (Wildman–Crippen MR) is 239 cm³/mol. The van der Waals surface area contributed by atoms with Crippen LogP contribution in [0.3, 0.4) is 0 Å². The van der Waals surface area contributed by atoms with E-state index in [9.17, 15) is 24.3 Å². The van der Waals surface area contributed by atoms with E-state index in [1.807, 2.05) is 79.7 Å². The molecule has 0 aliphatic carbocycles. The van der Waals surface area contributed by atoms with Crippen molar-refractivity contribution in [3.05, 3.63) is 171 Å². The third-order valence-electron chi connectivity index (χ3n) is 12.4. The molecule has 2 aliphatic rings. The molecule has 4 atom stereocenters. The summed E-state index contributed by atoms with van der Waals surface area (Å²) in [4.78, 5) is 72.1. The number of ether oxygens (including phenoxy) is 1. The van der Waals surface area contributed by atoms with Crippen LogP contribution in [0.15, 0.2) is 143 Å². The molecule has 2 N–H and O–H groups in total. The molecule has 62 heavy (non-hydrogen) atoms. The number of amides is 2. The van der Waals surface area contributed by atoms with Crippen molar-refractivity contribution in [3.8, 4) is 11.4 Å². The van der Waals surface area contributed by atoms with Crippen LogP contribution in [-0.4, -0.2) is 73.8 Å². The maximum Gasteiger partial charge on any atom is 0.279 e. The van der Waals surface area contributed by atoms with Crippen LogP contribution in [-0.2, 0) is 33.0 Å². The Kier molecular flexibility index (Phi) is 10.6. The van der Waals surface area contributed by atoms with Crippen LogP contribution in [0.25, 0.3) is 32.9 Å². The summed E-state index contributed by atoms with van der Waals surface area (Å²) in [7, 11) is -3.18. The highest BCUT2D eigenvalue weighted by Gasteiger charge is 2.66. The molecule has 2 aromatic heterocycles. The zero-order chi connectivity index (χ0) is 43.3. The number of carbonyl (C=O) groups excluding carboxylic acids is 2. The monoisotopic (exact) mass is 846 g/mol. The summed E-state index contributed by atoms with van der Waals surface area (Å²) in [6.45, 7) is 5.76. The van der Waals surface area contributed by atoms with Gasteiger partial charge in [-0.3, -0.25) is 19.2 Å². The van der Waals surface area contributed by atoms with Gasteiger partial charge in [-0.2, -0.15) is 19.6 Å². The zero-order valence-electron chi connectivity index (χ0n) is 34.6. The highest BCUT2D eigenvalue weighted by molar-refractivity contribution is 6.71. The first-order chi connectivity index (χ1) is 29.9. The first-order valence-corrected chi connectivity index (χ1v) is 23.7. The second-order valence-corrected chi connectivity index (χ2v) is 20.7. The lowest BCUT2D eigenvalue weighted by molar-refractivity contribution is -0.150. The van der Waals surface area contributed by atoms with Crippen molar-refractivity contribution >= 4 is 47.4 Å². The van der Waals surface area contributed by atoms with Crippen molar-refractivity contribution in [2.45, 2.75) is 56.8 Å². The Labute approximate surface area is 358 Å². The Morgan fingerprint density at radius 3 is 1.97 bits per heavy atom. The third-order valence-corrected chi connectivity index (χ3v) is 14.9. The molecule has 9 rings (SSSR count). The lowest BCUT2D eigenvalue weighted by atomic mass is 9.82. The number of hydrogen-bond donors (Lipinski definition) is 2. The van der Waals surface area contributed by atoms with E-state index in [2.05, 4.69) is 10.2 Å². The minimum atomic E-state index is -3.18. The van der Waals surface area contributed by atoms with Crippen LogP contribution in [0.2, 0.25) is 18.6 Å². The highest BCUT2D eigenvalue weighted by Crippen LogP contribution is 2.60. The van der Waals surface area contributed by atoms with Gasteiger partial charge < -0.3 is 24.4 Å². The number of fused-ring (bicyclic) bond motifs is 4. The molecule has 0 bridgehead atoms. The van der Waals surface area contributed by atoms with Gasteiger partial charge in [-0.25, -0.2) is 0 Å². The number of carbonyl (C=O) groups is 2. The van der Waals surface area contributed by atoms with Gasteiger partial charge in [-0.15, -0.1) is 0 Å². The van der Waals surface area contributed by atoms with Gasteiger partial charge in [0.25, 0.3) is 17.0 Å². The Bertz CT molecular complexity index is 2970. The number of nitrogens with zero attached hydrogens (tertiary/aromatic N) is 6. The molecule has 13 nitrogen and oxygen atoms in total. The fourth-order valence-corrected chi connectivity index (χ4v) is 12.1. The molecule has 1 fully saturated rings. The average Bonchev–Trinajstić information content (AvgIpc) is 3.70. The normalized spacial score (nSPS) is 19.7. The van der Waals surface area contributed by atoms with E-state index in [-0.39, 0.29) is 55.6 Å². The Balaban J connectivity index is 1.11.